The lowest BCUT2D eigenvalue weighted by atomic mass is 9.97. The fourth-order valence-corrected chi connectivity index (χ4v) is 2.88. The average Bonchev–Trinajstić information content (AvgIpc) is 2.32. The molecule has 21 heavy (non-hydrogen) atoms. The van der Waals surface area contributed by atoms with Gasteiger partial charge in [0.05, 0.1) is 12.1 Å². The molecule has 0 aromatic heterocycles. The van der Waals surface area contributed by atoms with E-state index in [-0.39, 0.29) is 24.0 Å². The number of carbonyl (C=O) groups is 2. The summed E-state index contributed by atoms with van der Waals surface area (Å²) in [4.78, 5) is 24.8. The van der Waals surface area contributed by atoms with Crippen molar-refractivity contribution in [2.24, 2.45) is 0 Å². The van der Waals surface area contributed by atoms with Crippen LogP contribution in [0, 0.1) is 13.8 Å². The van der Waals surface area contributed by atoms with Gasteiger partial charge in [-0.25, -0.2) is 4.79 Å². The number of hydrogen-bond donors (Lipinski definition) is 2. The zero-order valence-corrected chi connectivity index (χ0v) is 13.1. The molecule has 1 saturated heterocycles. The van der Waals surface area contributed by atoms with Crippen LogP contribution in [0.1, 0.15) is 36.6 Å². The number of carbonyl (C=O) groups excluding carboxylic acids is 2. The maximum absolute atomic E-state index is 12.2. The molecule has 2 N–H and O–H groups in total. The lowest BCUT2D eigenvalue weighted by Gasteiger charge is -2.39. The fraction of sp³-hybridized carbons (Fsp3) is 0.500. The molecule has 0 bridgehead atoms. The van der Waals surface area contributed by atoms with E-state index in [1.165, 1.54) is 23.6 Å². The summed E-state index contributed by atoms with van der Waals surface area (Å²) in [6, 6.07) is 6.12. The van der Waals surface area contributed by atoms with Crippen LogP contribution >= 0.6 is 0 Å². The number of likely N-dealkylation sites (tertiary alicyclic amines) is 1. The second-order valence-electron chi connectivity index (χ2n) is 5.78. The van der Waals surface area contributed by atoms with Gasteiger partial charge in [0.1, 0.15) is 0 Å². The normalized spacial score (nSPS) is 16.1. The number of hydrogen-bond acceptors (Lipinski definition) is 2. The van der Waals surface area contributed by atoms with Crippen LogP contribution in [0.25, 0.3) is 0 Å². The van der Waals surface area contributed by atoms with Gasteiger partial charge >= 0.3 is 6.03 Å². The number of nitrogens with zero attached hydrogens (tertiary/aromatic N) is 1. The van der Waals surface area contributed by atoms with Gasteiger partial charge < -0.3 is 15.5 Å². The Morgan fingerprint density at radius 2 is 1.81 bits per heavy atom. The molecule has 0 spiro atoms. The Bertz CT molecular complexity index is 530. The first-order valence-corrected chi connectivity index (χ1v) is 7.27. The minimum absolute atomic E-state index is 0.0292. The third kappa shape index (κ3) is 3.54. The zero-order valence-electron chi connectivity index (χ0n) is 13.1. The summed E-state index contributed by atoms with van der Waals surface area (Å²) in [6.07, 6.45) is 0. The summed E-state index contributed by atoms with van der Waals surface area (Å²) in [5.41, 5.74) is 3.54. The molecule has 1 fully saturated rings. The van der Waals surface area contributed by atoms with Crippen LogP contribution in [-0.4, -0.2) is 36.0 Å². The molecule has 0 aliphatic carbocycles. The molecule has 0 saturated carbocycles. The Balaban J connectivity index is 1.91. The molecule has 5 heteroatoms. The monoisotopic (exact) mass is 289 g/mol. The highest BCUT2D eigenvalue weighted by atomic mass is 16.2. The van der Waals surface area contributed by atoms with E-state index >= 15 is 0 Å². The molecule has 114 valence electrons. The molecule has 0 radical (unpaired) electrons. The summed E-state index contributed by atoms with van der Waals surface area (Å²) >= 11 is 0. The molecule has 1 aliphatic heterocycles. The van der Waals surface area contributed by atoms with E-state index in [0.29, 0.717) is 13.1 Å². The highest BCUT2D eigenvalue weighted by molar-refractivity contribution is 5.77. The van der Waals surface area contributed by atoms with Crippen molar-refractivity contribution in [1.29, 1.82) is 0 Å². The van der Waals surface area contributed by atoms with E-state index in [2.05, 4.69) is 36.6 Å². The Hall–Kier alpha value is -2.04. The SMILES string of the molecule is CC(=O)NC1CN(C(=O)NC(C)c2c(C)cccc2C)C1. The summed E-state index contributed by atoms with van der Waals surface area (Å²) < 4.78 is 0. The van der Waals surface area contributed by atoms with Crippen LogP contribution in [0.15, 0.2) is 18.2 Å². The van der Waals surface area contributed by atoms with Gasteiger partial charge in [0.25, 0.3) is 0 Å². The number of urea groups is 1. The number of aryl methyl sites for hydroxylation is 2. The van der Waals surface area contributed by atoms with Crippen molar-refractivity contribution in [3.8, 4) is 0 Å². The highest BCUT2D eigenvalue weighted by Crippen LogP contribution is 2.22. The molecule has 1 aliphatic rings. The predicted octanol–water partition coefficient (Wildman–Crippen LogP) is 1.89. The van der Waals surface area contributed by atoms with Crippen molar-refractivity contribution in [3.63, 3.8) is 0 Å². The van der Waals surface area contributed by atoms with E-state index in [1.807, 2.05) is 13.0 Å². The molecule has 1 aromatic carbocycles. The summed E-state index contributed by atoms with van der Waals surface area (Å²) in [7, 11) is 0. The Labute approximate surface area is 125 Å². The van der Waals surface area contributed by atoms with E-state index in [4.69, 9.17) is 0 Å². The first-order valence-electron chi connectivity index (χ1n) is 7.27. The van der Waals surface area contributed by atoms with Gasteiger partial charge in [-0.15, -0.1) is 0 Å². The van der Waals surface area contributed by atoms with Gasteiger partial charge in [-0.3, -0.25) is 4.79 Å². The van der Waals surface area contributed by atoms with Crippen LogP contribution in [0.5, 0.6) is 0 Å². The second-order valence-corrected chi connectivity index (χ2v) is 5.78. The molecule has 1 atom stereocenters. The number of nitrogens with one attached hydrogen (secondary N) is 2. The zero-order chi connectivity index (χ0) is 15.6. The number of amides is 3. The molecule has 1 heterocycles. The maximum Gasteiger partial charge on any atom is 0.318 e. The van der Waals surface area contributed by atoms with Gasteiger partial charge in [-0.05, 0) is 37.5 Å². The first-order chi connectivity index (χ1) is 9.88. The summed E-state index contributed by atoms with van der Waals surface area (Å²) in [5, 5.41) is 5.83. The maximum atomic E-state index is 12.2. The summed E-state index contributed by atoms with van der Waals surface area (Å²) in [6.45, 7) is 8.75. The summed E-state index contributed by atoms with van der Waals surface area (Å²) in [5.74, 6) is -0.0519. The van der Waals surface area contributed by atoms with Gasteiger partial charge in [0.2, 0.25) is 5.91 Å². The third-order valence-corrected chi connectivity index (χ3v) is 3.89. The molecular formula is C16H23N3O2. The van der Waals surface area contributed by atoms with Crippen LogP contribution in [-0.2, 0) is 4.79 Å². The lowest BCUT2D eigenvalue weighted by Crippen LogP contribution is -2.62. The number of benzene rings is 1. The van der Waals surface area contributed by atoms with Gasteiger partial charge in [-0.2, -0.15) is 0 Å². The Morgan fingerprint density at radius 1 is 1.24 bits per heavy atom. The van der Waals surface area contributed by atoms with Crippen molar-refractivity contribution >= 4 is 11.9 Å². The van der Waals surface area contributed by atoms with Crippen molar-refractivity contribution in [2.75, 3.05) is 13.1 Å². The van der Waals surface area contributed by atoms with Crippen molar-refractivity contribution in [1.82, 2.24) is 15.5 Å². The topological polar surface area (TPSA) is 61.4 Å². The number of rotatable bonds is 3. The standard InChI is InChI=1S/C16H23N3O2/c1-10-6-5-7-11(2)15(10)12(3)17-16(21)19-8-14(9-19)18-13(4)20/h5-7,12,14H,8-9H2,1-4H3,(H,17,21)(H,18,20). The Kier molecular flexibility index (Phi) is 4.50. The largest absolute Gasteiger partial charge is 0.350 e. The average molecular weight is 289 g/mol. The van der Waals surface area contributed by atoms with Gasteiger partial charge in [-0.1, -0.05) is 18.2 Å². The Morgan fingerprint density at radius 3 is 2.33 bits per heavy atom. The molecule has 5 nitrogen and oxygen atoms in total. The van der Waals surface area contributed by atoms with Gasteiger partial charge in [0, 0.05) is 20.0 Å². The smallest absolute Gasteiger partial charge is 0.318 e. The first kappa shape index (κ1) is 15.4. The van der Waals surface area contributed by atoms with Crippen LogP contribution in [0.2, 0.25) is 0 Å². The molecule has 2 rings (SSSR count). The van der Waals surface area contributed by atoms with Gasteiger partial charge in [0.15, 0.2) is 0 Å². The quantitative estimate of drug-likeness (QED) is 0.892. The molecule has 1 unspecified atom stereocenters. The lowest BCUT2D eigenvalue weighted by molar-refractivity contribution is -0.120. The van der Waals surface area contributed by atoms with E-state index in [9.17, 15) is 9.59 Å². The minimum Gasteiger partial charge on any atom is -0.350 e. The highest BCUT2D eigenvalue weighted by Gasteiger charge is 2.31. The molecular weight excluding hydrogens is 266 g/mol. The minimum atomic E-state index is -0.0771. The predicted molar refractivity (Wildman–Crippen MR) is 82.0 cm³/mol. The van der Waals surface area contributed by atoms with E-state index in [0.717, 1.165) is 0 Å². The van der Waals surface area contributed by atoms with Crippen LogP contribution < -0.4 is 10.6 Å². The van der Waals surface area contributed by atoms with Crippen LogP contribution in [0.3, 0.4) is 0 Å². The van der Waals surface area contributed by atoms with Crippen molar-refractivity contribution < 1.29 is 9.59 Å². The fourth-order valence-electron chi connectivity index (χ4n) is 2.88. The van der Waals surface area contributed by atoms with Crippen LogP contribution in [0.4, 0.5) is 4.79 Å². The molecule has 3 amide bonds. The third-order valence-electron chi connectivity index (χ3n) is 3.89. The van der Waals surface area contributed by atoms with Crippen molar-refractivity contribution in [3.05, 3.63) is 34.9 Å². The van der Waals surface area contributed by atoms with Crippen molar-refractivity contribution in [2.45, 2.75) is 39.8 Å². The second kappa shape index (κ2) is 6.16. The molecule has 1 aromatic rings. The van der Waals surface area contributed by atoms with E-state index < -0.39 is 0 Å². The van der Waals surface area contributed by atoms with E-state index in [1.54, 1.807) is 4.90 Å².